The summed E-state index contributed by atoms with van der Waals surface area (Å²) in [5, 5.41) is 0. The molecular formula is C28H44. The third-order valence-electron chi connectivity index (χ3n) is 5.90. The molecule has 0 heterocycles. The Hall–Kier alpha value is -1.56. The molecule has 1 atom stereocenters. The van der Waals surface area contributed by atoms with Crippen molar-refractivity contribution in [3.8, 4) is 0 Å². The average molecular weight is 381 g/mol. The normalized spacial score (nSPS) is 14.0. The summed E-state index contributed by atoms with van der Waals surface area (Å²) in [7, 11) is 0. The Morgan fingerprint density at radius 3 is 2.04 bits per heavy atom. The molecule has 0 aliphatic heterocycles. The first-order valence-electron chi connectivity index (χ1n) is 11.3. The topological polar surface area (TPSA) is 0 Å². The first-order chi connectivity index (χ1) is 13.3. The van der Waals surface area contributed by atoms with Crippen LogP contribution in [0.25, 0.3) is 0 Å². The minimum absolute atomic E-state index is 0.291. The zero-order valence-corrected chi connectivity index (χ0v) is 19.2. The third kappa shape index (κ3) is 9.58. The monoisotopic (exact) mass is 380 g/mol. The molecule has 0 aliphatic rings. The predicted molar refractivity (Wildman–Crippen MR) is 128 cm³/mol. The molecule has 0 saturated carbocycles. The van der Waals surface area contributed by atoms with Gasteiger partial charge in [-0.25, -0.2) is 0 Å². The van der Waals surface area contributed by atoms with Crippen LogP contribution >= 0.6 is 0 Å². The lowest BCUT2D eigenvalue weighted by Gasteiger charge is -2.34. The summed E-state index contributed by atoms with van der Waals surface area (Å²) in [6.07, 6.45) is 21.0. The van der Waals surface area contributed by atoms with Crippen molar-refractivity contribution in [3.05, 3.63) is 72.9 Å². The van der Waals surface area contributed by atoms with Gasteiger partial charge in [-0.1, -0.05) is 102 Å². The van der Waals surface area contributed by atoms with Crippen LogP contribution in [0.5, 0.6) is 0 Å². The Labute approximate surface area is 175 Å². The molecule has 0 radical (unpaired) electrons. The predicted octanol–water partition coefficient (Wildman–Crippen LogP) is 9.26. The lowest BCUT2D eigenvalue weighted by Crippen LogP contribution is -2.21. The van der Waals surface area contributed by atoms with Crippen LogP contribution in [-0.2, 0) is 0 Å². The maximum atomic E-state index is 3.83. The van der Waals surface area contributed by atoms with Gasteiger partial charge in [0.05, 0.1) is 0 Å². The van der Waals surface area contributed by atoms with E-state index in [4.69, 9.17) is 0 Å². The van der Waals surface area contributed by atoms with E-state index in [2.05, 4.69) is 95.8 Å². The first-order valence-corrected chi connectivity index (χ1v) is 11.3. The van der Waals surface area contributed by atoms with Gasteiger partial charge in [-0.2, -0.15) is 0 Å². The van der Waals surface area contributed by atoms with Gasteiger partial charge in [0.2, 0.25) is 0 Å². The highest BCUT2D eigenvalue weighted by molar-refractivity contribution is 5.22. The Balaban J connectivity index is 2.44. The second kappa shape index (κ2) is 12.8. The molecule has 1 aromatic rings. The summed E-state index contributed by atoms with van der Waals surface area (Å²) in [4.78, 5) is 0. The molecule has 1 rings (SSSR count). The van der Waals surface area contributed by atoms with E-state index in [1.165, 1.54) is 24.8 Å². The molecule has 0 fully saturated rings. The Kier molecular flexibility index (Phi) is 11.2. The fraction of sp³-hybridized carbons (Fsp3) is 0.571. The van der Waals surface area contributed by atoms with Crippen molar-refractivity contribution in [2.75, 3.05) is 0 Å². The standard InChI is InChI=1S/C28H44/c1-7-9-22-27(3,4)23-17-12-10-11-13-18-24-28(5,6)26(19-8-2)25-20-15-14-16-21-25/h7,12-18,20-21,26H,1,8-11,19,22-24H2,2-6H3/b17-12+,18-13+. The van der Waals surface area contributed by atoms with Crippen LogP contribution in [0.3, 0.4) is 0 Å². The molecule has 0 saturated heterocycles. The highest BCUT2D eigenvalue weighted by atomic mass is 14.3. The van der Waals surface area contributed by atoms with Crippen molar-refractivity contribution < 1.29 is 0 Å². The molecule has 1 aromatic carbocycles. The van der Waals surface area contributed by atoms with Crippen molar-refractivity contribution in [1.82, 2.24) is 0 Å². The molecule has 0 aromatic heterocycles. The van der Waals surface area contributed by atoms with Gasteiger partial charge in [0.25, 0.3) is 0 Å². The van der Waals surface area contributed by atoms with Crippen LogP contribution in [-0.4, -0.2) is 0 Å². The van der Waals surface area contributed by atoms with Crippen molar-refractivity contribution in [3.63, 3.8) is 0 Å². The molecule has 28 heavy (non-hydrogen) atoms. The Morgan fingerprint density at radius 1 is 0.857 bits per heavy atom. The van der Waals surface area contributed by atoms with Gasteiger partial charge in [0, 0.05) is 0 Å². The SMILES string of the molecule is C=CCCC(C)(C)C/C=C/CC/C=C/CC(C)(C)C(CCC)c1ccccc1. The number of hydrogen-bond donors (Lipinski definition) is 0. The van der Waals surface area contributed by atoms with Gasteiger partial charge in [-0.3, -0.25) is 0 Å². The summed E-state index contributed by atoms with van der Waals surface area (Å²) in [5.74, 6) is 0.626. The second-order valence-electron chi connectivity index (χ2n) is 9.66. The Bertz CT molecular complexity index is 586. The summed E-state index contributed by atoms with van der Waals surface area (Å²) >= 11 is 0. The molecule has 0 aliphatic carbocycles. The highest BCUT2D eigenvalue weighted by Gasteiger charge is 2.28. The lowest BCUT2D eigenvalue weighted by molar-refractivity contribution is 0.273. The van der Waals surface area contributed by atoms with Crippen molar-refractivity contribution in [1.29, 1.82) is 0 Å². The first kappa shape index (κ1) is 24.5. The van der Waals surface area contributed by atoms with Gasteiger partial charge in [0.15, 0.2) is 0 Å². The van der Waals surface area contributed by atoms with Crippen molar-refractivity contribution in [2.45, 2.75) is 91.9 Å². The quantitative estimate of drug-likeness (QED) is 0.223. The zero-order valence-electron chi connectivity index (χ0n) is 19.2. The fourth-order valence-corrected chi connectivity index (χ4v) is 3.94. The number of hydrogen-bond acceptors (Lipinski definition) is 0. The number of benzene rings is 1. The fourth-order valence-electron chi connectivity index (χ4n) is 3.94. The van der Waals surface area contributed by atoms with Gasteiger partial charge in [-0.15, -0.1) is 6.58 Å². The average Bonchev–Trinajstić information content (AvgIpc) is 2.67. The number of allylic oxidation sites excluding steroid dienone is 5. The van der Waals surface area contributed by atoms with Crippen LogP contribution in [0.1, 0.15) is 97.5 Å². The van der Waals surface area contributed by atoms with Crippen LogP contribution < -0.4 is 0 Å². The van der Waals surface area contributed by atoms with Crippen molar-refractivity contribution >= 4 is 0 Å². The molecule has 0 amide bonds. The van der Waals surface area contributed by atoms with Crippen LogP contribution in [0, 0.1) is 10.8 Å². The highest BCUT2D eigenvalue weighted by Crippen LogP contribution is 2.41. The summed E-state index contributed by atoms with van der Waals surface area (Å²) in [6.45, 7) is 15.7. The van der Waals surface area contributed by atoms with E-state index in [9.17, 15) is 0 Å². The third-order valence-corrected chi connectivity index (χ3v) is 5.90. The molecule has 0 heteroatoms. The van der Waals surface area contributed by atoms with E-state index in [0.717, 1.165) is 32.1 Å². The number of unbranched alkanes of at least 4 members (excludes halogenated alkanes) is 1. The lowest BCUT2D eigenvalue weighted by atomic mass is 9.70. The van der Waals surface area contributed by atoms with E-state index in [1.54, 1.807) is 0 Å². The zero-order chi connectivity index (χ0) is 20.9. The molecule has 0 bridgehead atoms. The molecule has 1 unspecified atom stereocenters. The van der Waals surface area contributed by atoms with E-state index in [-0.39, 0.29) is 0 Å². The molecule has 0 spiro atoms. The van der Waals surface area contributed by atoms with Crippen LogP contribution in [0.4, 0.5) is 0 Å². The Morgan fingerprint density at radius 2 is 1.46 bits per heavy atom. The smallest absolute Gasteiger partial charge is 0.0108 e. The van der Waals surface area contributed by atoms with E-state index in [1.807, 2.05) is 6.08 Å². The maximum Gasteiger partial charge on any atom is -0.0108 e. The largest absolute Gasteiger partial charge is 0.103 e. The van der Waals surface area contributed by atoms with Gasteiger partial charge in [-0.05, 0) is 67.3 Å². The minimum Gasteiger partial charge on any atom is -0.103 e. The molecule has 0 N–H and O–H groups in total. The van der Waals surface area contributed by atoms with Gasteiger partial charge < -0.3 is 0 Å². The van der Waals surface area contributed by atoms with Crippen molar-refractivity contribution in [2.24, 2.45) is 10.8 Å². The summed E-state index contributed by atoms with van der Waals surface area (Å²) in [6, 6.07) is 11.1. The molecule has 0 nitrogen and oxygen atoms in total. The second-order valence-corrected chi connectivity index (χ2v) is 9.66. The maximum absolute atomic E-state index is 3.83. The van der Waals surface area contributed by atoms with Crippen LogP contribution in [0.2, 0.25) is 0 Å². The van der Waals surface area contributed by atoms with Gasteiger partial charge >= 0.3 is 0 Å². The summed E-state index contributed by atoms with van der Waals surface area (Å²) < 4.78 is 0. The summed E-state index contributed by atoms with van der Waals surface area (Å²) in [5.41, 5.74) is 2.17. The molecule has 156 valence electrons. The van der Waals surface area contributed by atoms with E-state index >= 15 is 0 Å². The van der Waals surface area contributed by atoms with Gasteiger partial charge in [0.1, 0.15) is 0 Å². The van der Waals surface area contributed by atoms with Crippen LogP contribution in [0.15, 0.2) is 67.3 Å². The van der Waals surface area contributed by atoms with E-state index < -0.39 is 0 Å². The number of rotatable bonds is 14. The molecular weight excluding hydrogens is 336 g/mol. The van der Waals surface area contributed by atoms with E-state index in [0.29, 0.717) is 16.7 Å². The minimum atomic E-state index is 0.291.